The van der Waals surface area contributed by atoms with Crippen LogP contribution in [0.2, 0.25) is 0 Å². The van der Waals surface area contributed by atoms with Gasteiger partial charge in [0.1, 0.15) is 0 Å². The van der Waals surface area contributed by atoms with Gasteiger partial charge < -0.3 is 51.1 Å². The third kappa shape index (κ3) is 32.8. The lowest BCUT2D eigenvalue weighted by atomic mass is 10.1. The molecule has 0 spiro atoms. The molecule has 0 rings (SSSR count). The van der Waals surface area contributed by atoms with Crippen molar-refractivity contribution in [1.82, 2.24) is 15.5 Å². The highest BCUT2D eigenvalue weighted by Gasteiger charge is 2.13. The first-order chi connectivity index (χ1) is 24.2. The molecule has 0 amide bonds. The minimum absolute atomic E-state index is 0.0210. The topological polar surface area (TPSA) is 205 Å². The van der Waals surface area contributed by atoms with Crippen molar-refractivity contribution in [3.8, 4) is 0 Å². The van der Waals surface area contributed by atoms with Gasteiger partial charge in [-0.05, 0) is 103 Å². The summed E-state index contributed by atoms with van der Waals surface area (Å²) in [6.07, 6.45) is 9.95. The second-order valence-electron chi connectivity index (χ2n) is 12.9. The minimum atomic E-state index is -0.313. The molecule has 0 aromatic rings. The second-order valence-corrected chi connectivity index (χ2v) is 12.9. The zero-order valence-electron chi connectivity index (χ0n) is 31.3. The Hall–Kier alpha value is -2.36. The van der Waals surface area contributed by atoms with Crippen LogP contribution >= 0.6 is 0 Å². The Morgan fingerprint density at radius 1 is 0.600 bits per heavy atom. The SMILES string of the molecule is CC(CCCN)CNCCC(=O)OCCCCCOC(=O)CCN(CCCO)CCC(=O)OCCCCCOC(=O)CCNC(C)CCCN. The van der Waals surface area contributed by atoms with Crippen LogP contribution in [0.25, 0.3) is 0 Å². The normalized spacial score (nSPS) is 12.4. The molecular weight excluding hydrogens is 646 g/mol. The van der Waals surface area contributed by atoms with Gasteiger partial charge in [-0.3, -0.25) is 19.2 Å². The number of nitrogens with zero attached hydrogens (tertiary/aromatic N) is 1. The molecule has 50 heavy (non-hydrogen) atoms. The number of hydrogen-bond acceptors (Lipinski definition) is 14. The standard InChI is InChI=1S/C36H71N5O9/c1-31(12-9-18-37)30-39-20-14-33(43)47-26-5-3-7-28-49-35(45)16-23-41(22-11-25-42)24-17-36(46)50-29-8-4-6-27-48-34(44)15-21-40-32(2)13-10-19-38/h31-32,39-40,42H,3-30,37-38H2,1-2H3. The molecule has 0 saturated carbocycles. The predicted octanol–water partition coefficient (Wildman–Crippen LogP) is 2.43. The van der Waals surface area contributed by atoms with Crippen LogP contribution in [0.1, 0.15) is 110 Å². The average molecular weight is 718 g/mol. The van der Waals surface area contributed by atoms with Crippen LogP contribution in [0.5, 0.6) is 0 Å². The quantitative estimate of drug-likeness (QED) is 0.0359. The molecule has 0 aliphatic carbocycles. The van der Waals surface area contributed by atoms with E-state index < -0.39 is 0 Å². The van der Waals surface area contributed by atoms with E-state index in [1.165, 1.54) is 0 Å². The molecule has 0 aromatic heterocycles. The number of unbranched alkanes of at least 4 members (excludes halogenated alkanes) is 4. The fraction of sp³-hybridized carbons (Fsp3) is 0.889. The summed E-state index contributed by atoms with van der Waals surface area (Å²) in [5, 5.41) is 15.8. The van der Waals surface area contributed by atoms with Crippen molar-refractivity contribution in [2.45, 2.75) is 116 Å². The third-order valence-corrected chi connectivity index (χ3v) is 8.09. The fourth-order valence-electron chi connectivity index (χ4n) is 4.98. The summed E-state index contributed by atoms with van der Waals surface area (Å²) >= 11 is 0. The van der Waals surface area contributed by atoms with Crippen molar-refractivity contribution >= 4 is 23.9 Å². The summed E-state index contributed by atoms with van der Waals surface area (Å²) in [4.78, 5) is 50.1. The van der Waals surface area contributed by atoms with E-state index in [0.29, 0.717) is 129 Å². The monoisotopic (exact) mass is 718 g/mol. The number of carbonyl (C=O) groups is 4. The molecule has 2 atom stereocenters. The van der Waals surface area contributed by atoms with Crippen LogP contribution in [0, 0.1) is 5.92 Å². The van der Waals surface area contributed by atoms with Crippen LogP contribution in [-0.2, 0) is 38.1 Å². The molecule has 0 aliphatic rings. The molecular formula is C36H71N5O9. The van der Waals surface area contributed by atoms with Gasteiger partial charge in [0.05, 0.1) is 52.1 Å². The number of nitrogens with one attached hydrogen (secondary N) is 2. The van der Waals surface area contributed by atoms with Gasteiger partial charge in [0.2, 0.25) is 0 Å². The second kappa shape index (κ2) is 35.1. The van der Waals surface area contributed by atoms with Gasteiger partial charge in [0.25, 0.3) is 0 Å². The zero-order chi connectivity index (χ0) is 37.1. The number of aliphatic hydroxyl groups excluding tert-OH is 1. The first-order valence-corrected chi connectivity index (χ1v) is 19.0. The Balaban J connectivity index is 3.87. The lowest BCUT2D eigenvalue weighted by Crippen LogP contribution is -2.31. The smallest absolute Gasteiger partial charge is 0.307 e. The zero-order valence-corrected chi connectivity index (χ0v) is 31.3. The molecule has 7 N–H and O–H groups in total. The van der Waals surface area contributed by atoms with Crippen LogP contribution < -0.4 is 22.1 Å². The van der Waals surface area contributed by atoms with Crippen LogP contribution in [0.15, 0.2) is 0 Å². The maximum atomic E-state index is 12.2. The van der Waals surface area contributed by atoms with E-state index in [2.05, 4.69) is 24.5 Å². The summed E-state index contributed by atoms with van der Waals surface area (Å²) in [7, 11) is 0. The van der Waals surface area contributed by atoms with Gasteiger partial charge in [0.15, 0.2) is 0 Å². The molecule has 294 valence electrons. The Bertz CT molecular complexity index is 853. The van der Waals surface area contributed by atoms with Crippen molar-refractivity contribution in [2.24, 2.45) is 17.4 Å². The summed E-state index contributed by atoms with van der Waals surface area (Å²) in [6, 6.07) is 0.324. The van der Waals surface area contributed by atoms with Gasteiger partial charge in [-0.15, -0.1) is 0 Å². The first-order valence-electron chi connectivity index (χ1n) is 19.0. The van der Waals surface area contributed by atoms with E-state index >= 15 is 0 Å². The summed E-state index contributed by atoms with van der Waals surface area (Å²) < 4.78 is 21.2. The van der Waals surface area contributed by atoms with E-state index in [0.717, 1.165) is 45.1 Å². The Kier molecular flexibility index (Phi) is 33.4. The molecule has 2 unspecified atom stereocenters. The molecule has 14 nitrogen and oxygen atoms in total. The third-order valence-electron chi connectivity index (χ3n) is 8.09. The number of hydrogen-bond donors (Lipinski definition) is 5. The van der Waals surface area contributed by atoms with Gasteiger partial charge in [-0.25, -0.2) is 0 Å². The first kappa shape index (κ1) is 47.6. The number of esters is 4. The Labute approximate surface area is 301 Å². The van der Waals surface area contributed by atoms with E-state index in [9.17, 15) is 24.3 Å². The largest absolute Gasteiger partial charge is 0.466 e. The van der Waals surface area contributed by atoms with E-state index in [4.69, 9.17) is 30.4 Å². The minimum Gasteiger partial charge on any atom is -0.466 e. The lowest BCUT2D eigenvalue weighted by Gasteiger charge is -2.21. The number of rotatable bonds is 36. The molecule has 0 aliphatic heterocycles. The van der Waals surface area contributed by atoms with Gasteiger partial charge in [-0.1, -0.05) is 6.92 Å². The molecule has 0 fully saturated rings. The molecule has 0 radical (unpaired) electrons. The van der Waals surface area contributed by atoms with Gasteiger partial charge in [-0.2, -0.15) is 0 Å². The van der Waals surface area contributed by atoms with E-state index in [-0.39, 0.29) is 43.3 Å². The van der Waals surface area contributed by atoms with Crippen LogP contribution in [-0.4, -0.2) is 125 Å². The highest BCUT2D eigenvalue weighted by Crippen LogP contribution is 2.05. The Morgan fingerprint density at radius 2 is 1.06 bits per heavy atom. The number of nitrogens with two attached hydrogens (primary N) is 2. The van der Waals surface area contributed by atoms with Crippen LogP contribution in [0.3, 0.4) is 0 Å². The summed E-state index contributed by atoms with van der Waals surface area (Å²) in [5.41, 5.74) is 11.0. The van der Waals surface area contributed by atoms with Crippen molar-refractivity contribution in [3.05, 3.63) is 0 Å². The summed E-state index contributed by atoms with van der Waals surface area (Å²) in [5.74, 6) is -0.529. The van der Waals surface area contributed by atoms with E-state index in [1.807, 2.05) is 4.90 Å². The number of ether oxygens (including phenoxy) is 4. The van der Waals surface area contributed by atoms with Crippen molar-refractivity contribution < 1.29 is 43.2 Å². The van der Waals surface area contributed by atoms with Gasteiger partial charge in [0, 0.05) is 45.4 Å². The molecule has 0 saturated heterocycles. The maximum Gasteiger partial charge on any atom is 0.307 e. The van der Waals surface area contributed by atoms with Crippen molar-refractivity contribution in [1.29, 1.82) is 0 Å². The lowest BCUT2D eigenvalue weighted by molar-refractivity contribution is -0.145. The molecule has 0 aromatic carbocycles. The highest BCUT2D eigenvalue weighted by molar-refractivity contribution is 5.70. The fourth-order valence-corrected chi connectivity index (χ4v) is 4.98. The molecule has 0 bridgehead atoms. The Morgan fingerprint density at radius 3 is 1.54 bits per heavy atom. The van der Waals surface area contributed by atoms with Crippen molar-refractivity contribution in [2.75, 3.05) is 85.4 Å². The highest BCUT2D eigenvalue weighted by atomic mass is 16.5. The number of carbonyl (C=O) groups excluding carboxylic acids is 4. The average Bonchev–Trinajstić information content (AvgIpc) is 3.10. The molecule has 14 heteroatoms. The van der Waals surface area contributed by atoms with Crippen molar-refractivity contribution in [3.63, 3.8) is 0 Å². The van der Waals surface area contributed by atoms with E-state index in [1.54, 1.807) is 0 Å². The van der Waals surface area contributed by atoms with Gasteiger partial charge >= 0.3 is 23.9 Å². The van der Waals surface area contributed by atoms with Crippen LogP contribution in [0.4, 0.5) is 0 Å². The number of aliphatic hydroxyl groups is 1. The molecule has 0 heterocycles. The predicted molar refractivity (Wildman–Crippen MR) is 194 cm³/mol. The maximum absolute atomic E-state index is 12.2. The summed E-state index contributed by atoms with van der Waals surface area (Å²) in [6.45, 7) is 10.4.